The molecule has 3 rings (SSSR count). The van der Waals surface area contributed by atoms with Gasteiger partial charge in [0.25, 0.3) is 0 Å². The molecule has 114 valence electrons. The summed E-state index contributed by atoms with van der Waals surface area (Å²) in [5, 5.41) is 0. The lowest BCUT2D eigenvalue weighted by Crippen LogP contribution is -2.01. The highest BCUT2D eigenvalue weighted by Crippen LogP contribution is 2.25. The van der Waals surface area contributed by atoms with E-state index in [9.17, 15) is 4.39 Å². The molecule has 0 spiro atoms. The second-order valence-corrected chi connectivity index (χ2v) is 5.64. The van der Waals surface area contributed by atoms with Crippen LogP contribution in [0, 0.1) is 5.82 Å². The maximum absolute atomic E-state index is 13.2. The minimum atomic E-state index is -0.214. The fourth-order valence-electron chi connectivity index (χ4n) is 2.82. The zero-order valence-electron chi connectivity index (χ0n) is 12.9. The second-order valence-electron chi connectivity index (χ2n) is 5.64. The number of para-hydroxylation sites is 2. The molecular weight excluding hydrogens is 275 g/mol. The van der Waals surface area contributed by atoms with Gasteiger partial charge in [0.05, 0.1) is 11.0 Å². The molecule has 1 aromatic heterocycles. The lowest BCUT2D eigenvalue weighted by molar-refractivity contribution is 0.594. The molecule has 2 nitrogen and oxygen atoms in total. The van der Waals surface area contributed by atoms with Crippen molar-refractivity contribution < 1.29 is 4.39 Å². The van der Waals surface area contributed by atoms with Gasteiger partial charge in [-0.3, -0.25) is 0 Å². The van der Waals surface area contributed by atoms with E-state index in [1.54, 1.807) is 12.1 Å². The normalized spacial score (nSPS) is 11.2. The number of benzene rings is 2. The fourth-order valence-corrected chi connectivity index (χ4v) is 2.82. The van der Waals surface area contributed by atoms with E-state index in [2.05, 4.69) is 17.6 Å². The van der Waals surface area contributed by atoms with Crippen LogP contribution in [0.2, 0.25) is 0 Å². The van der Waals surface area contributed by atoms with Crippen molar-refractivity contribution in [3.63, 3.8) is 0 Å². The van der Waals surface area contributed by atoms with E-state index in [1.807, 2.05) is 18.2 Å². The number of halogens is 1. The summed E-state index contributed by atoms with van der Waals surface area (Å²) in [4.78, 5) is 4.75. The van der Waals surface area contributed by atoms with Crippen LogP contribution in [0.25, 0.3) is 22.4 Å². The number of fused-ring (bicyclic) bond motifs is 1. The Bertz CT molecular complexity index is 744. The van der Waals surface area contributed by atoms with E-state index in [1.165, 1.54) is 31.4 Å². The summed E-state index contributed by atoms with van der Waals surface area (Å²) in [6.07, 6.45) is 4.86. The summed E-state index contributed by atoms with van der Waals surface area (Å²) >= 11 is 0. The van der Waals surface area contributed by atoms with Crippen LogP contribution in [-0.2, 0) is 6.54 Å². The molecule has 0 bridgehead atoms. The number of imidazole rings is 1. The quantitative estimate of drug-likeness (QED) is 0.555. The Morgan fingerprint density at radius 3 is 2.50 bits per heavy atom. The van der Waals surface area contributed by atoms with Crippen LogP contribution in [0.3, 0.4) is 0 Å². The van der Waals surface area contributed by atoms with E-state index < -0.39 is 0 Å². The van der Waals surface area contributed by atoms with Crippen LogP contribution in [0.15, 0.2) is 48.5 Å². The smallest absolute Gasteiger partial charge is 0.141 e. The van der Waals surface area contributed by atoms with Crippen molar-refractivity contribution >= 4 is 11.0 Å². The Balaban J connectivity index is 1.98. The molecule has 0 aliphatic heterocycles. The largest absolute Gasteiger partial charge is 0.324 e. The SMILES string of the molecule is CCCCCCn1c(-c2ccc(F)cc2)nc2ccccc21. The lowest BCUT2D eigenvalue weighted by Gasteiger charge is -2.09. The van der Waals surface area contributed by atoms with Gasteiger partial charge in [0.15, 0.2) is 0 Å². The molecule has 3 heteroatoms. The van der Waals surface area contributed by atoms with Crippen molar-refractivity contribution in [3.8, 4) is 11.4 Å². The van der Waals surface area contributed by atoms with Gasteiger partial charge in [-0.2, -0.15) is 0 Å². The molecular formula is C19H21FN2. The highest BCUT2D eigenvalue weighted by molar-refractivity contribution is 5.80. The number of hydrogen-bond donors (Lipinski definition) is 0. The number of aryl methyl sites for hydroxylation is 1. The Labute approximate surface area is 130 Å². The minimum absolute atomic E-state index is 0.214. The first-order valence-electron chi connectivity index (χ1n) is 8.01. The second kappa shape index (κ2) is 6.73. The standard InChI is InChI=1S/C19H21FN2/c1-2-3-4-7-14-22-18-9-6-5-8-17(18)21-19(22)15-10-12-16(20)13-11-15/h5-6,8-13H,2-4,7,14H2,1H3. The predicted molar refractivity (Wildman–Crippen MR) is 89.3 cm³/mol. The van der Waals surface area contributed by atoms with E-state index in [4.69, 9.17) is 4.98 Å². The molecule has 22 heavy (non-hydrogen) atoms. The molecule has 0 amide bonds. The number of hydrogen-bond acceptors (Lipinski definition) is 1. The average Bonchev–Trinajstić information content (AvgIpc) is 2.91. The van der Waals surface area contributed by atoms with E-state index in [0.717, 1.165) is 35.4 Å². The third kappa shape index (κ3) is 3.03. The maximum atomic E-state index is 13.2. The number of aromatic nitrogens is 2. The van der Waals surface area contributed by atoms with Crippen LogP contribution in [0.1, 0.15) is 32.6 Å². The fraction of sp³-hybridized carbons (Fsp3) is 0.316. The average molecular weight is 296 g/mol. The molecule has 0 radical (unpaired) electrons. The molecule has 0 atom stereocenters. The van der Waals surface area contributed by atoms with Crippen LogP contribution in [-0.4, -0.2) is 9.55 Å². The van der Waals surface area contributed by atoms with Crippen LogP contribution >= 0.6 is 0 Å². The van der Waals surface area contributed by atoms with Crippen molar-refractivity contribution in [1.29, 1.82) is 0 Å². The van der Waals surface area contributed by atoms with Crippen molar-refractivity contribution in [2.45, 2.75) is 39.2 Å². The van der Waals surface area contributed by atoms with Gasteiger partial charge in [0.1, 0.15) is 11.6 Å². The molecule has 0 saturated heterocycles. The first kappa shape index (κ1) is 14.8. The van der Waals surface area contributed by atoms with Gasteiger partial charge in [0, 0.05) is 12.1 Å². The molecule has 0 N–H and O–H groups in total. The Hall–Kier alpha value is -2.16. The number of unbranched alkanes of at least 4 members (excludes halogenated alkanes) is 3. The summed E-state index contributed by atoms with van der Waals surface area (Å²) in [5.41, 5.74) is 3.11. The summed E-state index contributed by atoms with van der Waals surface area (Å²) < 4.78 is 15.4. The summed E-state index contributed by atoms with van der Waals surface area (Å²) in [6, 6.07) is 14.8. The maximum Gasteiger partial charge on any atom is 0.141 e. The van der Waals surface area contributed by atoms with Gasteiger partial charge in [-0.25, -0.2) is 9.37 Å². The van der Waals surface area contributed by atoms with Crippen molar-refractivity contribution in [2.24, 2.45) is 0 Å². The zero-order chi connectivity index (χ0) is 15.4. The van der Waals surface area contributed by atoms with Crippen molar-refractivity contribution in [3.05, 3.63) is 54.3 Å². The summed E-state index contributed by atoms with van der Waals surface area (Å²) in [7, 11) is 0. The Kier molecular flexibility index (Phi) is 4.52. The van der Waals surface area contributed by atoms with Crippen molar-refractivity contribution in [2.75, 3.05) is 0 Å². The molecule has 1 heterocycles. The van der Waals surface area contributed by atoms with E-state index in [0.29, 0.717) is 0 Å². The van der Waals surface area contributed by atoms with Gasteiger partial charge >= 0.3 is 0 Å². The van der Waals surface area contributed by atoms with Crippen LogP contribution in [0.5, 0.6) is 0 Å². The Morgan fingerprint density at radius 1 is 0.955 bits per heavy atom. The Morgan fingerprint density at radius 2 is 1.73 bits per heavy atom. The van der Waals surface area contributed by atoms with Crippen molar-refractivity contribution in [1.82, 2.24) is 9.55 Å². The molecule has 3 aromatic rings. The molecule has 0 unspecified atom stereocenters. The van der Waals surface area contributed by atoms with E-state index in [-0.39, 0.29) is 5.82 Å². The third-order valence-corrected chi connectivity index (χ3v) is 3.99. The molecule has 0 saturated carbocycles. The molecule has 0 fully saturated rings. The zero-order valence-corrected chi connectivity index (χ0v) is 12.9. The van der Waals surface area contributed by atoms with Gasteiger partial charge in [-0.1, -0.05) is 38.3 Å². The molecule has 0 aliphatic carbocycles. The number of rotatable bonds is 6. The minimum Gasteiger partial charge on any atom is -0.324 e. The highest BCUT2D eigenvalue weighted by atomic mass is 19.1. The first-order valence-corrected chi connectivity index (χ1v) is 8.01. The predicted octanol–water partition coefficient (Wildman–Crippen LogP) is 5.42. The molecule has 2 aromatic carbocycles. The van der Waals surface area contributed by atoms with Gasteiger partial charge in [-0.15, -0.1) is 0 Å². The van der Waals surface area contributed by atoms with Crippen LogP contribution in [0.4, 0.5) is 4.39 Å². The third-order valence-electron chi connectivity index (χ3n) is 3.99. The van der Waals surface area contributed by atoms with Gasteiger partial charge < -0.3 is 4.57 Å². The first-order chi connectivity index (χ1) is 10.8. The monoisotopic (exact) mass is 296 g/mol. The van der Waals surface area contributed by atoms with Gasteiger partial charge in [-0.05, 0) is 42.8 Å². The summed E-state index contributed by atoms with van der Waals surface area (Å²) in [5.74, 6) is 0.715. The highest BCUT2D eigenvalue weighted by Gasteiger charge is 2.12. The lowest BCUT2D eigenvalue weighted by atomic mass is 10.2. The topological polar surface area (TPSA) is 17.8 Å². The van der Waals surface area contributed by atoms with Gasteiger partial charge in [0.2, 0.25) is 0 Å². The number of nitrogens with zero attached hydrogens (tertiary/aromatic N) is 2. The van der Waals surface area contributed by atoms with E-state index >= 15 is 0 Å². The summed E-state index contributed by atoms with van der Waals surface area (Å²) in [6.45, 7) is 3.17. The van der Waals surface area contributed by atoms with Crippen LogP contribution < -0.4 is 0 Å². The molecule has 0 aliphatic rings.